The van der Waals surface area contributed by atoms with Crippen LogP contribution in [0.25, 0.3) is 17.1 Å². The molecule has 7 heteroatoms. The van der Waals surface area contributed by atoms with Gasteiger partial charge in [-0.05, 0) is 31.2 Å². The monoisotopic (exact) mass is 430 g/mol. The molecule has 0 bridgehead atoms. The predicted octanol–water partition coefficient (Wildman–Crippen LogP) is 4.98. The summed E-state index contributed by atoms with van der Waals surface area (Å²) >= 11 is 1.34. The first-order chi connectivity index (χ1) is 15.2. The molecule has 0 saturated heterocycles. The van der Waals surface area contributed by atoms with Crippen molar-refractivity contribution in [2.24, 2.45) is 0 Å². The maximum atomic E-state index is 12.6. The van der Waals surface area contributed by atoms with Gasteiger partial charge in [-0.25, -0.2) is 0 Å². The third kappa shape index (κ3) is 4.78. The third-order valence-electron chi connectivity index (χ3n) is 4.67. The Morgan fingerprint density at radius 2 is 1.68 bits per heavy atom. The number of nitrogens with one attached hydrogen (secondary N) is 1. The number of nitrogens with zero attached hydrogens (tertiary/aromatic N) is 3. The van der Waals surface area contributed by atoms with E-state index in [0.717, 1.165) is 17.1 Å². The van der Waals surface area contributed by atoms with Crippen molar-refractivity contribution in [3.05, 3.63) is 84.4 Å². The summed E-state index contributed by atoms with van der Waals surface area (Å²) in [7, 11) is 1.58. The van der Waals surface area contributed by atoms with E-state index in [-0.39, 0.29) is 11.7 Å². The summed E-state index contributed by atoms with van der Waals surface area (Å²) in [5.41, 5.74) is 3.71. The Balaban J connectivity index is 1.59. The van der Waals surface area contributed by atoms with E-state index in [4.69, 9.17) is 4.74 Å². The number of carbonyl (C=O) groups excluding carboxylic acids is 1. The molecule has 1 amide bonds. The van der Waals surface area contributed by atoms with Crippen molar-refractivity contribution in [1.82, 2.24) is 14.8 Å². The molecule has 0 aliphatic carbocycles. The molecule has 0 fully saturated rings. The number of hydrogen-bond donors (Lipinski definition) is 1. The van der Waals surface area contributed by atoms with Gasteiger partial charge in [-0.2, -0.15) is 0 Å². The summed E-state index contributed by atoms with van der Waals surface area (Å²) < 4.78 is 7.28. The van der Waals surface area contributed by atoms with Crippen LogP contribution in [0, 0.1) is 6.92 Å². The standard InChI is InChI=1S/C24H22N4O2S/c1-17-12-14-19(15-13-17)28-23(18-8-4-3-5-9-18)26-27-24(28)31-16-22(29)25-20-10-6-7-11-21(20)30-2/h3-15H,16H2,1-2H3,(H,25,29). The summed E-state index contributed by atoms with van der Waals surface area (Å²) in [5.74, 6) is 1.40. The minimum atomic E-state index is -0.144. The Labute approximate surface area is 185 Å². The molecule has 4 rings (SSSR count). The van der Waals surface area contributed by atoms with Crippen LogP contribution in [0.4, 0.5) is 5.69 Å². The number of thioether (sulfide) groups is 1. The summed E-state index contributed by atoms with van der Waals surface area (Å²) in [5, 5.41) is 12.3. The Hall–Kier alpha value is -3.58. The molecular formula is C24H22N4O2S. The number of benzene rings is 3. The van der Waals surface area contributed by atoms with Crippen LogP contribution in [0.2, 0.25) is 0 Å². The van der Waals surface area contributed by atoms with Gasteiger partial charge >= 0.3 is 0 Å². The molecular weight excluding hydrogens is 408 g/mol. The molecule has 6 nitrogen and oxygen atoms in total. The van der Waals surface area contributed by atoms with E-state index in [1.54, 1.807) is 7.11 Å². The smallest absolute Gasteiger partial charge is 0.234 e. The lowest BCUT2D eigenvalue weighted by Crippen LogP contribution is -2.15. The number of para-hydroxylation sites is 2. The zero-order chi connectivity index (χ0) is 21.6. The predicted molar refractivity (Wildman–Crippen MR) is 124 cm³/mol. The second kappa shape index (κ2) is 9.49. The number of methoxy groups -OCH3 is 1. The molecule has 0 saturated carbocycles. The van der Waals surface area contributed by atoms with Gasteiger partial charge in [0.1, 0.15) is 5.75 Å². The molecule has 0 unspecified atom stereocenters. The number of aromatic nitrogens is 3. The van der Waals surface area contributed by atoms with Crippen molar-refractivity contribution < 1.29 is 9.53 Å². The molecule has 0 aliphatic heterocycles. The SMILES string of the molecule is COc1ccccc1NC(=O)CSc1nnc(-c2ccccc2)n1-c1ccc(C)cc1. The topological polar surface area (TPSA) is 69.0 Å². The highest BCUT2D eigenvalue weighted by molar-refractivity contribution is 7.99. The van der Waals surface area contributed by atoms with E-state index in [2.05, 4.69) is 15.5 Å². The molecule has 31 heavy (non-hydrogen) atoms. The van der Waals surface area contributed by atoms with Crippen molar-refractivity contribution >= 4 is 23.4 Å². The summed E-state index contributed by atoms with van der Waals surface area (Å²) in [6.45, 7) is 2.05. The maximum absolute atomic E-state index is 12.6. The van der Waals surface area contributed by atoms with Gasteiger partial charge in [0.15, 0.2) is 11.0 Å². The largest absolute Gasteiger partial charge is 0.495 e. The van der Waals surface area contributed by atoms with Gasteiger partial charge in [-0.15, -0.1) is 10.2 Å². The first-order valence-electron chi connectivity index (χ1n) is 9.79. The van der Waals surface area contributed by atoms with E-state index in [1.807, 2.05) is 90.4 Å². The second-order valence-electron chi connectivity index (χ2n) is 6.88. The van der Waals surface area contributed by atoms with E-state index in [0.29, 0.717) is 16.6 Å². The lowest BCUT2D eigenvalue weighted by Gasteiger charge is -2.12. The van der Waals surface area contributed by atoms with E-state index in [9.17, 15) is 4.79 Å². The van der Waals surface area contributed by atoms with Crippen LogP contribution in [0.1, 0.15) is 5.56 Å². The van der Waals surface area contributed by atoms with Crippen LogP contribution in [0.3, 0.4) is 0 Å². The number of ether oxygens (including phenoxy) is 1. The molecule has 0 aliphatic rings. The number of hydrogen-bond acceptors (Lipinski definition) is 5. The summed E-state index contributed by atoms with van der Waals surface area (Å²) in [4.78, 5) is 12.6. The average molecular weight is 431 g/mol. The number of carbonyl (C=O) groups is 1. The highest BCUT2D eigenvalue weighted by atomic mass is 32.2. The Bertz CT molecular complexity index is 1170. The fourth-order valence-corrected chi connectivity index (χ4v) is 3.88. The quantitative estimate of drug-likeness (QED) is 0.419. The van der Waals surface area contributed by atoms with E-state index < -0.39 is 0 Å². The normalized spacial score (nSPS) is 10.6. The highest BCUT2D eigenvalue weighted by Crippen LogP contribution is 2.29. The van der Waals surface area contributed by atoms with Crippen molar-refractivity contribution in [2.75, 3.05) is 18.2 Å². The van der Waals surface area contributed by atoms with Crippen molar-refractivity contribution in [3.8, 4) is 22.8 Å². The Morgan fingerprint density at radius 3 is 2.42 bits per heavy atom. The molecule has 1 N–H and O–H groups in total. The van der Waals surface area contributed by atoms with Gasteiger partial charge in [0.05, 0.1) is 18.6 Å². The number of anilines is 1. The van der Waals surface area contributed by atoms with Gasteiger partial charge in [-0.1, -0.05) is 71.9 Å². The third-order valence-corrected chi connectivity index (χ3v) is 5.60. The van der Waals surface area contributed by atoms with Gasteiger partial charge in [0.25, 0.3) is 0 Å². The fourth-order valence-electron chi connectivity index (χ4n) is 3.13. The van der Waals surface area contributed by atoms with Crippen molar-refractivity contribution in [3.63, 3.8) is 0 Å². The lowest BCUT2D eigenvalue weighted by atomic mass is 10.2. The number of aryl methyl sites for hydroxylation is 1. The maximum Gasteiger partial charge on any atom is 0.234 e. The van der Waals surface area contributed by atoms with E-state index >= 15 is 0 Å². The molecule has 0 spiro atoms. The molecule has 156 valence electrons. The van der Waals surface area contributed by atoms with E-state index in [1.165, 1.54) is 17.3 Å². The highest BCUT2D eigenvalue weighted by Gasteiger charge is 2.17. The average Bonchev–Trinajstić information content (AvgIpc) is 3.23. The van der Waals surface area contributed by atoms with Gasteiger partial charge in [0.2, 0.25) is 5.91 Å². The molecule has 3 aromatic carbocycles. The Morgan fingerprint density at radius 1 is 0.968 bits per heavy atom. The number of rotatable bonds is 7. The van der Waals surface area contributed by atoms with Crippen LogP contribution >= 0.6 is 11.8 Å². The van der Waals surface area contributed by atoms with Gasteiger partial charge in [-0.3, -0.25) is 9.36 Å². The van der Waals surface area contributed by atoms with Crippen LogP contribution in [0.5, 0.6) is 5.75 Å². The van der Waals surface area contributed by atoms with Crippen LogP contribution in [-0.2, 0) is 4.79 Å². The minimum Gasteiger partial charge on any atom is -0.495 e. The first kappa shape index (κ1) is 20.7. The molecule has 0 atom stereocenters. The number of amides is 1. The first-order valence-corrected chi connectivity index (χ1v) is 10.8. The van der Waals surface area contributed by atoms with Gasteiger partial charge < -0.3 is 10.1 Å². The summed E-state index contributed by atoms with van der Waals surface area (Å²) in [6, 6.07) is 25.4. The lowest BCUT2D eigenvalue weighted by molar-refractivity contribution is -0.113. The second-order valence-corrected chi connectivity index (χ2v) is 7.82. The molecule has 4 aromatic rings. The Kier molecular flexibility index (Phi) is 6.33. The zero-order valence-electron chi connectivity index (χ0n) is 17.3. The fraction of sp³-hybridized carbons (Fsp3) is 0.125. The molecule has 1 heterocycles. The molecule has 1 aromatic heterocycles. The van der Waals surface area contributed by atoms with Crippen molar-refractivity contribution in [2.45, 2.75) is 12.1 Å². The van der Waals surface area contributed by atoms with Crippen LogP contribution in [-0.4, -0.2) is 33.5 Å². The summed E-state index contributed by atoms with van der Waals surface area (Å²) in [6.07, 6.45) is 0. The van der Waals surface area contributed by atoms with Crippen LogP contribution in [0.15, 0.2) is 84.0 Å². The molecule has 0 radical (unpaired) electrons. The van der Waals surface area contributed by atoms with Crippen molar-refractivity contribution in [1.29, 1.82) is 0 Å². The zero-order valence-corrected chi connectivity index (χ0v) is 18.1. The minimum absolute atomic E-state index is 0.144. The van der Waals surface area contributed by atoms with Gasteiger partial charge in [0, 0.05) is 11.3 Å². The van der Waals surface area contributed by atoms with Crippen LogP contribution < -0.4 is 10.1 Å².